The highest BCUT2D eigenvalue weighted by atomic mass is 15.5. The molecule has 102 valence electrons. The number of unbranched alkanes of at least 4 members (excludes halogenated alkanes) is 3. The van der Waals surface area contributed by atoms with Gasteiger partial charge in [0.1, 0.15) is 6.17 Å². The van der Waals surface area contributed by atoms with Gasteiger partial charge in [0.05, 0.1) is 20.6 Å². The van der Waals surface area contributed by atoms with Gasteiger partial charge < -0.3 is 4.48 Å². The summed E-state index contributed by atoms with van der Waals surface area (Å²) in [5.74, 6) is 0.912. The molecule has 0 N–H and O–H groups in total. The number of nitrogens with zero attached hydrogens (tertiary/aromatic N) is 2. The number of hydrogen-bond acceptors (Lipinski definition) is 1. The van der Waals surface area contributed by atoms with E-state index in [4.69, 9.17) is 0 Å². The molecule has 0 saturated carbocycles. The van der Waals surface area contributed by atoms with E-state index in [1.54, 1.807) is 0 Å². The minimum atomic E-state index is 0.724. The van der Waals surface area contributed by atoms with Crippen LogP contribution in [0.25, 0.3) is 0 Å². The zero-order chi connectivity index (χ0) is 12.9. The summed E-state index contributed by atoms with van der Waals surface area (Å²) in [5, 5.41) is 0. The predicted octanol–water partition coefficient (Wildman–Crippen LogP) is 3.33. The van der Waals surface area contributed by atoms with Crippen LogP contribution >= 0.6 is 0 Å². The van der Waals surface area contributed by atoms with Crippen molar-refractivity contribution in [1.29, 1.82) is 0 Å². The lowest BCUT2D eigenvalue weighted by Crippen LogP contribution is -2.63. The molecular weight excluding hydrogens is 208 g/mol. The van der Waals surface area contributed by atoms with Crippen molar-refractivity contribution < 1.29 is 4.48 Å². The van der Waals surface area contributed by atoms with Crippen LogP contribution in [0.3, 0.4) is 0 Å². The van der Waals surface area contributed by atoms with Crippen molar-refractivity contribution >= 4 is 0 Å². The maximum atomic E-state index is 2.59. The summed E-state index contributed by atoms with van der Waals surface area (Å²) in [6, 6.07) is 0. The Labute approximate surface area is 109 Å². The van der Waals surface area contributed by atoms with Crippen LogP contribution in [0.4, 0.5) is 0 Å². The highest BCUT2D eigenvalue weighted by Crippen LogP contribution is 2.26. The van der Waals surface area contributed by atoms with Crippen molar-refractivity contribution in [3.63, 3.8) is 0 Å². The second kappa shape index (κ2) is 6.75. The van der Waals surface area contributed by atoms with Gasteiger partial charge in [0.15, 0.2) is 0 Å². The van der Waals surface area contributed by atoms with Crippen molar-refractivity contribution in [3.05, 3.63) is 0 Å². The quantitative estimate of drug-likeness (QED) is 0.509. The molecule has 2 heteroatoms. The average molecular weight is 241 g/mol. The molecule has 1 rings (SSSR count). The van der Waals surface area contributed by atoms with Crippen LogP contribution in [-0.2, 0) is 0 Å². The molecule has 0 amide bonds. The molecule has 2 atom stereocenters. The van der Waals surface area contributed by atoms with Gasteiger partial charge in [0.25, 0.3) is 0 Å². The Morgan fingerprint density at radius 2 is 1.82 bits per heavy atom. The Morgan fingerprint density at radius 3 is 2.35 bits per heavy atom. The predicted molar refractivity (Wildman–Crippen MR) is 75.9 cm³/mol. The largest absolute Gasteiger partial charge is 0.313 e. The molecule has 0 aliphatic carbocycles. The van der Waals surface area contributed by atoms with Gasteiger partial charge in [-0.25, -0.2) is 0 Å². The first-order valence-corrected chi connectivity index (χ1v) is 7.54. The third-order valence-electron chi connectivity index (χ3n) is 4.42. The standard InChI is InChI=1S/C15H33N2/c1-6-8-9-10-11-14-12-16(3)15(7-2)17(4,5)13-14/h14-15H,6-13H2,1-5H3/q+1. The Morgan fingerprint density at radius 1 is 1.12 bits per heavy atom. The molecule has 0 aromatic heterocycles. The Hall–Kier alpha value is -0.0800. The zero-order valence-corrected chi connectivity index (χ0v) is 12.7. The first kappa shape index (κ1) is 15.0. The van der Waals surface area contributed by atoms with Crippen molar-refractivity contribution in [1.82, 2.24) is 4.90 Å². The number of hydrogen-bond donors (Lipinski definition) is 0. The maximum absolute atomic E-state index is 2.59. The van der Waals surface area contributed by atoms with Gasteiger partial charge in [-0.2, -0.15) is 0 Å². The minimum Gasteiger partial charge on any atom is -0.313 e. The molecule has 0 spiro atoms. The Bertz CT molecular complexity index is 213. The van der Waals surface area contributed by atoms with Crippen LogP contribution in [0.2, 0.25) is 0 Å². The van der Waals surface area contributed by atoms with Gasteiger partial charge in [-0.1, -0.05) is 39.5 Å². The molecule has 0 bridgehead atoms. The lowest BCUT2D eigenvalue weighted by Gasteiger charge is -2.49. The SMILES string of the molecule is CCCCCCC1CN(C)C(CC)[N+](C)(C)C1. The van der Waals surface area contributed by atoms with Crippen molar-refractivity contribution in [3.8, 4) is 0 Å². The fraction of sp³-hybridized carbons (Fsp3) is 1.00. The molecule has 1 aliphatic rings. The fourth-order valence-corrected chi connectivity index (χ4v) is 3.76. The average Bonchev–Trinajstić information content (AvgIpc) is 2.23. The van der Waals surface area contributed by atoms with Gasteiger partial charge in [0.2, 0.25) is 0 Å². The van der Waals surface area contributed by atoms with E-state index in [1.165, 1.54) is 56.1 Å². The highest BCUT2D eigenvalue weighted by molar-refractivity contribution is 4.72. The summed E-state index contributed by atoms with van der Waals surface area (Å²) in [7, 11) is 7.12. The second-order valence-corrected chi connectivity index (χ2v) is 6.51. The zero-order valence-electron chi connectivity index (χ0n) is 12.7. The molecule has 2 unspecified atom stereocenters. The summed E-state index contributed by atoms with van der Waals surface area (Å²) in [4.78, 5) is 2.59. The third-order valence-corrected chi connectivity index (χ3v) is 4.42. The van der Waals surface area contributed by atoms with Crippen molar-refractivity contribution in [2.75, 3.05) is 34.2 Å². The molecule has 1 heterocycles. The molecule has 1 aliphatic heterocycles. The third kappa shape index (κ3) is 4.26. The molecule has 0 aromatic carbocycles. The molecule has 0 aromatic rings. The normalized spacial score (nSPS) is 29.5. The van der Waals surface area contributed by atoms with Crippen LogP contribution < -0.4 is 0 Å². The van der Waals surface area contributed by atoms with E-state index in [1.807, 2.05) is 0 Å². The van der Waals surface area contributed by atoms with Gasteiger partial charge in [-0.05, 0) is 13.5 Å². The van der Waals surface area contributed by atoms with Gasteiger partial charge in [-0.3, -0.25) is 4.90 Å². The number of rotatable bonds is 6. The summed E-state index contributed by atoms with van der Waals surface area (Å²) in [6.45, 7) is 7.30. The molecule has 17 heavy (non-hydrogen) atoms. The van der Waals surface area contributed by atoms with E-state index in [-0.39, 0.29) is 0 Å². The minimum absolute atomic E-state index is 0.724. The number of quaternary nitrogens is 1. The van der Waals surface area contributed by atoms with E-state index < -0.39 is 0 Å². The Balaban J connectivity index is 2.39. The first-order valence-electron chi connectivity index (χ1n) is 7.54. The van der Waals surface area contributed by atoms with Crippen LogP contribution in [0.15, 0.2) is 0 Å². The summed E-state index contributed by atoms with van der Waals surface area (Å²) in [6.07, 6.45) is 9.06. The fourth-order valence-electron chi connectivity index (χ4n) is 3.76. The van der Waals surface area contributed by atoms with Crippen LogP contribution in [0.1, 0.15) is 52.4 Å². The van der Waals surface area contributed by atoms with Crippen molar-refractivity contribution in [2.24, 2.45) is 5.92 Å². The lowest BCUT2D eigenvalue weighted by molar-refractivity contribution is -0.936. The summed E-state index contributed by atoms with van der Waals surface area (Å²) >= 11 is 0. The Kier molecular flexibility index (Phi) is 5.94. The lowest BCUT2D eigenvalue weighted by atomic mass is 9.95. The van der Waals surface area contributed by atoms with E-state index in [0.29, 0.717) is 0 Å². The molecular formula is C15H33N2+. The molecule has 1 saturated heterocycles. The smallest absolute Gasteiger partial charge is 0.144 e. The van der Waals surface area contributed by atoms with Crippen LogP contribution in [0, 0.1) is 5.92 Å². The topological polar surface area (TPSA) is 3.24 Å². The van der Waals surface area contributed by atoms with E-state index >= 15 is 0 Å². The van der Waals surface area contributed by atoms with Crippen LogP contribution in [-0.4, -0.2) is 49.8 Å². The van der Waals surface area contributed by atoms with Gasteiger partial charge >= 0.3 is 0 Å². The van der Waals surface area contributed by atoms with Gasteiger partial charge in [-0.15, -0.1) is 0 Å². The molecule has 1 fully saturated rings. The van der Waals surface area contributed by atoms with Crippen molar-refractivity contribution in [2.45, 2.75) is 58.5 Å². The molecule has 0 radical (unpaired) electrons. The van der Waals surface area contributed by atoms with Gasteiger partial charge in [0, 0.05) is 18.9 Å². The van der Waals surface area contributed by atoms with E-state index in [0.717, 1.165) is 12.1 Å². The van der Waals surface area contributed by atoms with E-state index in [2.05, 4.69) is 39.9 Å². The highest BCUT2D eigenvalue weighted by Gasteiger charge is 2.38. The summed E-state index contributed by atoms with van der Waals surface area (Å²) < 4.78 is 1.19. The van der Waals surface area contributed by atoms with Crippen LogP contribution in [0.5, 0.6) is 0 Å². The summed E-state index contributed by atoms with van der Waals surface area (Å²) in [5.41, 5.74) is 0. The second-order valence-electron chi connectivity index (χ2n) is 6.51. The van der Waals surface area contributed by atoms with E-state index in [9.17, 15) is 0 Å². The molecule has 2 nitrogen and oxygen atoms in total. The first-order chi connectivity index (χ1) is 8.01. The maximum Gasteiger partial charge on any atom is 0.144 e. The monoisotopic (exact) mass is 241 g/mol.